The van der Waals surface area contributed by atoms with E-state index in [0.29, 0.717) is 10.6 Å². The molecule has 1 aliphatic rings. The van der Waals surface area contributed by atoms with Crippen molar-refractivity contribution in [1.29, 1.82) is 0 Å². The van der Waals surface area contributed by atoms with Crippen LogP contribution in [0.1, 0.15) is 33.3 Å². The lowest BCUT2D eigenvalue weighted by atomic mass is 9.83. The van der Waals surface area contributed by atoms with Crippen LogP contribution in [0.25, 0.3) is 0 Å². The van der Waals surface area contributed by atoms with Gasteiger partial charge in [-0.25, -0.2) is 0 Å². The van der Waals surface area contributed by atoms with Gasteiger partial charge in [-0.2, -0.15) is 0 Å². The number of halogens is 1. The van der Waals surface area contributed by atoms with Crippen molar-refractivity contribution in [2.24, 2.45) is 0 Å². The van der Waals surface area contributed by atoms with Crippen molar-refractivity contribution >= 4 is 24.3 Å². The molecule has 0 aromatic carbocycles. The summed E-state index contributed by atoms with van der Waals surface area (Å²) in [6.45, 7) is 8.83. The van der Waals surface area contributed by atoms with Crippen LogP contribution in [0.4, 0.5) is 0 Å². The summed E-state index contributed by atoms with van der Waals surface area (Å²) in [6.07, 6.45) is 1.76. The van der Waals surface area contributed by atoms with Crippen LogP contribution in [0.3, 0.4) is 0 Å². The van der Waals surface area contributed by atoms with Crippen LogP contribution in [0, 0.1) is 0 Å². The second-order valence-electron chi connectivity index (χ2n) is 6.50. The lowest BCUT2D eigenvalue weighted by molar-refractivity contribution is 0.00578. The van der Waals surface area contributed by atoms with Gasteiger partial charge >= 0.3 is 7.12 Å². The molecular weight excluding hydrogens is 274 g/mol. The largest absolute Gasteiger partial charge is 0.516 e. The van der Waals surface area contributed by atoms with Crippen molar-refractivity contribution in [3.05, 3.63) is 22.8 Å². The molecule has 0 amide bonds. The quantitative estimate of drug-likeness (QED) is 0.800. The Hall–Kier alpha value is -0.615. The van der Waals surface area contributed by atoms with Crippen molar-refractivity contribution in [2.75, 3.05) is 14.1 Å². The molecule has 0 N–H and O–H groups in total. The third-order valence-corrected chi connectivity index (χ3v) is 4.40. The number of nitrogens with zero attached hydrogens (tertiary/aromatic N) is 2. The molecule has 0 atom stereocenters. The van der Waals surface area contributed by atoms with Crippen LogP contribution in [0.15, 0.2) is 12.3 Å². The molecule has 0 unspecified atom stereocenters. The van der Waals surface area contributed by atoms with Crippen molar-refractivity contribution < 1.29 is 9.31 Å². The molecule has 0 radical (unpaired) electrons. The zero-order valence-electron chi connectivity index (χ0n) is 13.0. The second kappa shape index (κ2) is 5.30. The zero-order chi connectivity index (χ0) is 15.1. The molecule has 1 aromatic rings. The van der Waals surface area contributed by atoms with Crippen LogP contribution < -0.4 is 5.59 Å². The van der Waals surface area contributed by atoms with E-state index in [1.54, 1.807) is 6.20 Å². The van der Waals surface area contributed by atoms with Gasteiger partial charge in [0.25, 0.3) is 0 Å². The Morgan fingerprint density at radius 1 is 1.20 bits per heavy atom. The molecule has 0 aliphatic carbocycles. The fourth-order valence-corrected chi connectivity index (χ4v) is 2.34. The Kier molecular flexibility index (Phi) is 4.18. The van der Waals surface area contributed by atoms with Crippen LogP contribution in [-0.4, -0.2) is 42.3 Å². The van der Waals surface area contributed by atoms with Gasteiger partial charge < -0.3 is 14.2 Å². The molecule has 1 aliphatic heterocycles. The van der Waals surface area contributed by atoms with E-state index in [2.05, 4.69) is 9.88 Å². The summed E-state index contributed by atoms with van der Waals surface area (Å²) in [6, 6.07) is 1.93. The molecule has 0 saturated carbocycles. The Morgan fingerprint density at radius 2 is 1.75 bits per heavy atom. The van der Waals surface area contributed by atoms with E-state index in [1.807, 2.05) is 47.9 Å². The minimum Gasteiger partial charge on any atom is -0.398 e. The van der Waals surface area contributed by atoms with E-state index < -0.39 is 7.12 Å². The minimum atomic E-state index is -0.519. The highest BCUT2D eigenvalue weighted by Crippen LogP contribution is 2.36. The summed E-state index contributed by atoms with van der Waals surface area (Å²) < 4.78 is 12.0. The number of rotatable bonds is 3. The molecule has 2 heterocycles. The predicted octanol–water partition coefficient (Wildman–Crippen LogP) is 2.10. The molecular formula is C14H22BClN2O2. The Morgan fingerprint density at radius 3 is 2.25 bits per heavy atom. The number of hydrogen-bond acceptors (Lipinski definition) is 4. The summed E-state index contributed by atoms with van der Waals surface area (Å²) >= 11 is 6.47. The Labute approximate surface area is 126 Å². The maximum Gasteiger partial charge on any atom is 0.516 e. The molecule has 110 valence electrons. The summed E-state index contributed by atoms with van der Waals surface area (Å²) in [5.74, 6) is 0. The highest BCUT2D eigenvalue weighted by atomic mass is 35.5. The van der Waals surface area contributed by atoms with Gasteiger partial charge in [0.1, 0.15) is 0 Å². The minimum absolute atomic E-state index is 0.389. The summed E-state index contributed by atoms with van der Waals surface area (Å²) in [4.78, 5) is 6.42. The van der Waals surface area contributed by atoms with Crippen LogP contribution in [0.5, 0.6) is 0 Å². The first-order valence-corrected chi connectivity index (χ1v) is 7.15. The predicted molar refractivity (Wildman–Crippen MR) is 82.4 cm³/mol. The van der Waals surface area contributed by atoms with E-state index in [0.717, 1.165) is 12.1 Å². The van der Waals surface area contributed by atoms with Gasteiger partial charge in [0.2, 0.25) is 0 Å². The van der Waals surface area contributed by atoms with Crippen LogP contribution in [0.2, 0.25) is 5.02 Å². The van der Waals surface area contributed by atoms with E-state index in [1.165, 1.54) is 0 Å². The first-order valence-electron chi connectivity index (χ1n) is 6.78. The standard InChI is InChI=1S/C14H22BClN2O2/c1-13(2)14(3,4)20-15(19-13)12-11(16)10(7-8-17-12)9-18(5)6/h7-8H,9H2,1-6H3. The van der Waals surface area contributed by atoms with E-state index in [9.17, 15) is 0 Å². The molecule has 4 nitrogen and oxygen atoms in total. The molecule has 1 aromatic heterocycles. The van der Waals surface area contributed by atoms with Crippen LogP contribution >= 0.6 is 11.6 Å². The lowest BCUT2D eigenvalue weighted by Gasteiger charge is -2.32. The Balaban J connectivity index is 2.31. The van der Waals surface area contributed by atoms with Crippen LogP contribution in [-0.2, 0) is 15.9 Å². The van der Waals surface area contributed by atoms with Gasteiger partial charge in [-0.1, -0.05) is 11.6 Å². The highest BCUT2D eigenvalue weighted by Gasteiger charge is 2.53. The van der Waals surface area contributed by atoms with Crippen molar-refractivity contribution in [1.82, 2.24) is 9.88 Å². The monoisotopic (exact) mass is 296 g/mol. The van der Waals surface area contributed by atoms with Gasteiger partial charge in [-0.15, -0.1) is 0 Å². The molecule has 0 bridgehead atoms. The average Bonchev–Trinajstić information content (AvgIpc) is 2.50. The zero-order valence-corrected chi connectivity index (χ0v) is 13.8. The lowest BCUT2D eigenvalue weighted by Crippen LogP contribution is -2.41. The summed E-state index contributed by atoms with van der Waals surface area (Å²) in [5, 5.41) is 0.625. The first-order chi connectivity index (χ1) is 9.14. The number of hydrogen-bond donors (Lipinski definition) is 0. The average molecular weight is 297 g/mol. The van der Waals surface area contributed by atoms with Crippen molar-refractivity contribution in [3.63, 3.8) is 0 Å². The van der Waals surface area contributed by atoms with E-state index in [-0.39, 0.29) is 11.2 Å². The SMILES string of the molecule is CN(C)Cc1ccnc(B2OC(C)(C)C(C)(C)O2)c1Cl. The molecule has 2 rings (SSSR count). The van der Waals surface area contributed by atoms with Gasteiger partial charge in [0.05, 0.1) is 21.8 Å². The molecule has 6 heteroatoms. The summed E-state index contributed by atoms with van der Waals surface area (Å²) in [5.41, 5.74) is 0.904. The normalized spacial score (nSPS) is 20.7. The molecule has 20 heavy (non-hydrogen) atoms. The van der Waals surface area contributed by atoms with Gasteiger partial charge in [-0.05, 0) is 53.4 Å². The number of pyridine rings is 1. The smallest absolute Gasteiger partial charge is 0.398 e. The Bertz CT molecular complexity index is 490. The first kappa shape index (κ1) is 15.8. The van der Waals surface area contributed by atoms with Gasteiger partial charge in [0, 0.05) is 12.7 Å². The van der Waals surface area contributed by atoms with Crippen molar-refractivity contribution in [2.45, 2.75) is 45.4 Å². The molecule has 1 saturated heterocycles. The fraction of sp³-hybridized carbons (Fsp3) is 0.643. The molecule has 0 spiro atoms. The number of aromatic nitrogens is 1. The maximum atomic E-state index is 6.47. The topological polar surface area (TPSA) is 34.6 Å². The molecule has 1 fully saturated rings. The van der Waals surface area contributed by atoms with Gasteiger partial charge in [-0.3, -0.25) is 4.98 Å². The third kappa shape index (κ3) is 2.86. The van der Waals surface area contributed by atoms with E-state index in [4.69, 9.17) is 20.9 Å². The fourth-order valence-electron chi connectivity index (χ4n) is 2.08. The second-order valence-corrected chi connectivity index (χ2v) is 6.87. The maximum absolute atomic E-state index is 6.47. The summed E-state index contributed by atoms with van der Waals surface area (Å²) in [7, 11) is 3.49. The van der Waals surface area contributed by atoms with Gasteiger partial charge in [0.15, 0.2) is 0 Å². The van der Waals surface area contributed by atoms with E-state index >= 15 is 0 Å². The van der Waals surface area contributed by atoms with Crippen molar-refractivity contribution in [3.8, 4) is 0 Å². The third-order valence-electron chi connectivity index (χ3n) is 3.96. The highest BCUT2D eigenvalue weighted by molar-refractivity contribution is 6.64.